The third kappa shape index (κ3) is 3.33. The van der Waals surface area contributed by atoms with Gasteiger partial charge in [0, 0.05) is 17.8 Å². The van der Waals surface area contributed by atoms with E-state index in [0.29, 0.717) is 24.8 Å². The number of Topliss-reactive ketones (excluding diaryl/α,β-unsaturated/α-hetero) is 2. The highest BCUT2D eigenvalue weighted by atomic mass is 16.3. The van der Waals surface area contributed by atoms with Crippen molar-refractivity contribution in [2.24, 2.45) is 17.3 Å². The molecule has 1 saturated carbocycles. The van der Waals surface area contributed by atoms with Crippen LogP contribution in [0.5, 0.6) is 0 Å². The topological polar surface area (TPSA) is 74.6 Å². The molecule has 2 N–H and O–H groups in total. The van der Waals surface area contributed by atoms with Crippen LogP contribution in [0, 0.1) is 17.3 Å². The van der Waals surface area contributed by atoms with E-state index in [0.717, 1.165) is 0 Å². The lowest BCUT2D eigenvalue weighted by Crippen LogP contribution is -2.44. The number of carbonyl (C=O) groups excluding carboxylic acids is 2. The highest BCUT2D eigenvalue weighted by molar-refractivity contribution is 6.02. The van der Waals surface area contributed by atoms with Crippen LogP contribution in [0.1, 0.15) is 53.4 Å². The number of ketones is 2. The number of aliphatic hydroxyl groups excluding tert-OH is 1. The average Bonchev–Trinajstić information content (AvgIpc) is 2.70. The summed E-state index contributed by atoms with van der Waals surface area (Å²) in [6, 6.07) is 0. The minimum Gasteiger partial charge on any atom is -0.392 e. The van der Waals surface area contributed by atoms with Crippen molar-refractivity contribution in [1.29, 1.82) is 0 Å². The van der Waals surface area contributed by atoms with Gasteiger partial charge in [0.2, 0.25) is 0 Å². The zero-order valence-corrected chi connectivity index (χ0v) is 14.5. The van der Waals surface area contributed by atoms with Gasteiger partial charge in [-0.2, -0.15) is 0 Å². The molecule has 128 valence electrons. The van der Waals surface area contributed by atoms with Gasteiger partial charge in [-0.3, -0.25) is 9.59 Å². The summed E-state index contributed by atoms with van der Waals surface area (Å²) in [4.78, 5) is 25.1. The first-order valence-electron chi connectivity index (χ1n) is 8.41. The molecule has 1 fully saturated rings. The lowest BCUT2D eigenvalue weighted by molar-refractivity contribution is -0.136. The Labute approximate surface area is 138 Å². The number of carbonyl (C=O) groups is 2. The third-order valence-corrected chi connectivity index (χ3v) is 5.44. The van der Waals surface area contributed by atoms with Crippen LogP contribution in [0.25, 0.3) is 0 Å². The maximum atomic E-state index is 12.8. The van der Waals surface area contributed by atoms with Gasteiger partial charge in [-0.05, 0) is 37.7 Å². The molecule has 2 aliphatic carbocycles. The molecule has 0 aromatic rings. The SMILES string of the molecule is CC1=CCC(C)(C)C(=O)CC/C=C/[C@H]2[C@H](O)[C@@H](C)C[C@]2(O)C1=O. The van der Waals surface area contributed by atoms with Gasteiger partial charge < -0.3 is 10.2 Å². The van der Waals surface area contributed by atoms with Crippen molar-refractivity contribution in [2.45, 2.75) is 65.1 Å². The lowest BCUT2D eigenvalue weighted by atomic mass is 9.78. The van der Waals surface area contributed by atoms with Crippen molar-refractivity contribution in [3.63, 3.8) is 0 Å². The Morgan fingerprint density at radius 2 is 1.91 bits per heavy atom. The number of hydrogen-bond donors (Lipinski definition) is 2. The van der Waals surface area contributed by atoms with E-state index in [1.54, 1.807) is 19.1 Å². The molecule has 0 bridgehead atoms. The van der Waals surface area contributed by atoms with Gasteiger partial charge in [-0.1, -0.05) is 39.0 Å². The van der Waals surface area contributed by atoms with Crippen molar-refractivity contribution in [3.05, 3.63) is 23.8 Å². The summed E-state index contributed by atoms with van der Waals surface area (Å²) >= 11 is 0. The Morgan fingerprint density at radius 3 is 2.57 bits per heavy atom. The minimum absolute atomic E-state index is 0.144. The molecule has 0 saturated heterocycles. The molecule has 2 rings (SSSR count). The predicted molar refractivity (Wildman–Crippen MR) is 88.8 cm³/mol. The first kappa shape index (κ1) is 18.1. The van der Waals surface area contributed by atoms with Crippen LogP contribution in [0.4, 0.5) is 0 Å². The summed E-state index contributed by atoms with van der Waals surface area (Å²) in [5.41, 5.74) is -1.60. The van der Waals surface area contributed by atoms with Crippen LogP contribution >= 0.6 is 0 Å². The molecule has 0 unspecified atom stereocenters. The quantitative estimate of drug-likeness (QED) is 0.673. The summed E-state index contributed by atoms with van der Waals surface area (Å²) in [6.07, 6.45) is 6.29. The molecule has 0 heterocycles. The lowest BCUT2D eigenvalue weighted by Gasteiger charge is -2.29. The summed E-state index contributed by atoms with van der Waals surface area (Å²) in [5.74, 6) is -0.931. The molecular weight excluding hydrogens is 292 g/mol. The van der Waals surface area contributed by atoms with Crippen LogP contribution < -0.4 is 0 Å². The van der Waals surface area contributed by atoms with Gasteiger partial charge in [0.05, 0.1) is 6.10 Å². The Hall–Kier alpha value is -1.26. The Morgan fingerprint density at radius 1 is 1.26 bits per heavy atom. The molecule has 0 spiro atoms. The summed E-state index contributed by atoms with van der Waals surface area (Å²) in [5, 5.41) is 21.3. The summed E-state index contributed by atoms with van der Waals surface area (Å²) in [7, 11) is 0. The molecule has 0 aromatic carbocycles. The molecule has 2 aliphatic rings. The standard InChI is InChI=1S/C19H28O4/c1-12-9-10-18(3,4)15(20)8-6-5-7-14-16(21)13(2)11-19(14,23)17(12)22/h5,7,9,13-14,16,21,23H,6,8,10-11H2,1-4H3/b7-5+,12-9?/t13-,14-,16+,19+/m0/s1. The highest BCUT2D eigenvalue weighted by Gasteiger charge is 2.54. The maximum Gasteiger partial charge on any atom is 0.190 e. The van der Waals surface area contributed by atoms with Crippen LogP contribution in [0.3, 0.4) is 0 Å². The molecule has 23 heavy (non-hydrogen) atoms. The molecule has 4 atom stereocenters. The van der Waals surface area contributed by atoms with E-state index in [1.807, 2.05) is 26.8 Å². The molecule has 4 nitrogen and oxygen atoms in total. The molecule has 0 radical (unpaired) electrons. The van der Waals surface area contributed by atoms with Crippen LogP contribution in [0.2, 0.25) is 0 Å². The zero-order valence-electron chi connectivity index (χ0n) is 14.5. The summed E-state index contributed by atoms with van der Waals surface area (Å²) in [6.45, 7) is 7.30. The van der Waals surface area contributed by atoms with Gasteiger partial charge >= 0.3 is 0 Å². The number of aliphatic hydroxyl groups is 2. The van der Waals surface area contributed by atoms with Crippen molar-refractivity contribution in [2.75, 3.05) is 0 Å². The predicted octanol–water partition coefficient (Wildman–Crippen LogP) is 2.59. The normalized spacial score (nSPS) is 39.9. The van der Waals surface area contributed by atoms with E-state index >= 15 is 0 Å². The van der Waals surface area contributed by atoms with Crippen molar-refractivity contribution in [3.8, 4) is 0 Å². The number of allylic oxidation sites excluding steroid dienone is 2. The van der Waals surface area contributed by atoms with Crippen LogP contribution in [-0.4, -0.2) is 33.5 Å². The fourth-order valence-electron chi connectivity index (χ4n) is 3.65. The molecule has 0 amide bonds. The van der Waals surface area contributed by atoms with Crippen LogP contribution in [-0.2, 0) is 9.59 Å². The Kier molecular flexibility index (Phi) is 4.97. The monoisotopic (exact) mass is 320 g/mol. The molecule has 0 aliphatic heterocycles. The third-order valence-electron chi connectivity index (χ3n) is 5.44. The van der Waals surface area contributed by atoms with Gasteiger partial charge in [-0.25, -0.2) is 0 Å². The Balaban J connectivity index is 2.42. The molecular formula is C19H28O4. The highest BCUT2D eigenvalue weighted by Crippen LogP contribution is 2.43. The van der Waals surface area contributed by atoms with Crippen LogP contribution in [0.15, 0.2) is 23.8 Å². The first-order chi connectivity index (χ1) is 10.6. The number of fused-ring (bicyclic) bond motifs is 1. The van der Waals surface area contributed by atoms with E-state index in [4.69, 9.17) is 0 Å². The fraction of sp³-hybridized carbons (Fsp3) is 0.684. The van der Waals surface area contributed by atoms with E-state index in [-0.39, 0.29) is 23.9 Å². The van der Waals surface area contributed by atoms with E-state index in [1.165, 1.54) is 0 Å². The van der Waals surface area contributed by atoms with Crippen molar-refractivity contribution >= 4 is 11.6 Å². The second-order valence-electron chi connectivity index (χ2n) is 7.82. The van der Waals surface area contributed by atoms with Crippen molar-refractivity contribution in [1.82, 2.24) is 0 Å². The van der Waals surface area contributed by atoms with E-state index < -0.39 is 23.0 Å². The molecule has 4 heteroatoms. The van der Waals surface area contributed by atoms with Gasteiger partial charge in [0.15, 0.2) is 5.78 Å². The Bertz CT molecular complexity index is 558. The van der Waals surface area contributed by atoms with Crippen molar-refractivity contribution < 1.29 is 19.8 Å². The zero-order chi connectivity index (χ0) is 17.4. The largest absolute Gasteiger partial charge is 0.392 e. The second kappa shape index (κ2) is 6.33. The average molecular weight is 320 g/mol. The maximum absolute atomic E-state index is 12.8. The smallest absolute Gasteiger partial charge is 0.190 e. The van der Waals surface area contributed by atoms with Gasteiger partial charge in [0.1, 0.15) is 11.4 Å². The first-order valence-corrected chi connectivity index (χ1v) is 8.41. The van der Waals surface area contributed by atoms with E-state index in [9.17, 15) is 19.8 Å². The fourth-order valence-corrected chi connectivity index (χ4v) is 3.65. The van der Waals surface area contributed by atoms with Gasteiger partial charge in [0.25, 0.3) is 0 Å². The van der Waals surface area contributed by atoms with Gasteiger partial charge in [-0.15, -0.1) is 0 Å². The summed E-state index contributed by atoms with van der Waals surface area (Å²) < 4.78 is 0. The molecule has 0 aromatic heterocycles. The number of rotatable bonds is 0. The second-order valence-corrected chi connectivity index (χ2v) is 7.82. The number of hydrogen-bond acceptors (Lipinski definition) is 4. The van der Waals surface area contributed by atoms with E-state index in [2.05, 4.69) is 0 Å². The minimum atomic E-state index is -1.55.